The summed E-state index contributed by atoms with van der Waals surface area (Å²) in [6, 6.07) is 5.34. The van der Waals surface area contributed by atoms with Crippen LogP contribution in [0.25, 0.3) is 5.69 Å². The molecule has 0 unspecified atom stereocenters. The average molecular weight is 411 g/mol. The molecule has 1 aliphatic carbocycles. The number of rotatable bonds is 6. The van der Waals surface area contributed by atoms with Crippen LogP contribution in [0.15, 0.2) is 41.5 Å². The van der Waals surface area contributed by atoms with Gasteiger partial charge < -0.3 is 4.74 Å². The molecule has 0 saturated heterocycles. The fraction of sp³-hybridized carbons (Fsp3) is 0.273. The van der Waals surface area contributed by atoms with Crippen molar-refractivity contribution in [2.24, 2.45) is 0 Å². The summed E-state index contributed by atoms with van der Waals surface area (Å²) in [6.07, 6.45) is 4.31. The van der Waals surface area contributed by atoms with Crippen LogP contribution >= 0.6 is 0 Å². The van der Waals surface area contributed by atoms with Crippen LogP contribution in [-0.2, 0) is 6.61 Å². The summed E-state index contributed by atoms with van der Waals surface area (Å²) < 4.78 is 34.2. The predicted molar refractivity (Wildman–Crippen MR) is 105 cm³/mol. The first-order valence-corrected chi connectivity index (χ1v) is 9.51. The van der Waals surface area contributed by atoms with Crippen molar-refractivity contribution >= 4 is 5.78 Å². The standard InChI is InChI=1S/C22H19F2N3O3/c1-12-22(14-3-4-14)20(30-11-19-17(24)7-15(23)10-26-19)9-21(29)27(12)16-5-6-25-18(8-16)13(2)28/h5-10,14H,3-4,11H2,1-2H3. The summed E-state index contributed by atoms with van der Waals surface area (Å²) >= 11 is 0. The van der Waals surface area contributed by atoms with E-state index in [1.807, 2.05) is 6.92 Å². The first kappa shape index (κ1) is 19.9. The smallest absolute Gasteiger partial charge is 0.259 e. The number of Topliss-reactive ketones (excluding diaryl/α,β-unsaturated/α-hetero) is 1. The Bertz CT molecular complexity index is 1200. The van der Waals surface area contributed by atoms with Gasteiger partial charge in [-0.1, -0.05) is 0 Å². The maximum atomic E-state index is 13.9. The van der Waals surface area contributed by atoms with Crippen LogP contribution in [0.4, 0.5) is 8.78 Å². The minimum Gasteiger partial charge on any atom is -0.487 e. The zero-order valence-electron chi connectivity index (χ0n) is 16.5. The van der Waals surface area contributed by atoms with Crippen LogP contribution in [0.5, 0.6) is 5.75 Å². The van der Waals surface area contributed by atoms with E-state index in [1.54, 1.807) is 12.1 Å². The number of carbonyl (C=O) groups is 1. The Kier molecular flexibility index (Phi) is 5.15. The maximum Gasteiger partial charge on any atom is 0.259 e. The molecule has 0 spiro atoms. The first-order valence-electron chi connectivity index (χ1n) is 9.51. The number of hydrogen-bond donors (Lipinski definition) is 0. The van der Waals surface area contributed by atoms with Crippen LogP contribution in [0.3, 0.4) is 0 Å². The molecule has 0 atom stereocenters. The molecule has 3 aromatic heterocycles. The molecule has 1 saturated carbocycles. The fourth-order valence-corrected chi connectivity index (χ4v) is 3.47. The molecule has 0 aliphatic heterocycles. The topological polar surface area (TPSA) is 74.1 Å². The zero-order chi connectivity index (χ0) is 21.4. The summed E-state index contributed by atoms with van der Waals surface area (Å²) in [4.78, 5) is 32.3. The lowest BCUT2D eigenvalue weighted by atomic mass is 10.1. The van der Waals surface area contributed by atoms with Gasteiger partial charge in [-0.15, -0.1) is 0 Å². The van der Waals surface area contributed by atoms with Crippen molar-refractivity contribution in [3.05, 3.63) is 81.3 Å². The Morgan fingerprint density at radius 2 is 2.00 bits per heavy atom. The summed E-state index contributed by atoms with van der Waals surface area (Å²) in [7, 11) is 0. The van der Waals surface area contributed by atoms with Gasteiger partial charge in [0.05, 0.1) is 11.9 Å². The Morgan fingerprint density at radius 1 is 1.23 bits per heavy atom. The molecule has 3 aromatic rings. The van der Waals surface area contributed by atoms with Crippen molar-refractivity contribution in [3.8, 4) is 11.4 Å². The number of nitrogens with zero attached hydrogens (tertiary/aromatic N) is 3. The molecule has 0 aromatic carbocycles. The summed E-state index contributed by atoms with van der Waals surface area (Å²) in [5.41, 5.74) is 1.97. The third-order valence-corrected chi connectivity index (χ3v) is 5.06. The molecular weight excluding hydrogens is 392 g/mol. The highest BCUT2D eigenvalue weighted by Gasteiger charge is 2.31. The molecule has 0 bridgehead atoms. The zero-order valence-corrected chi connectivity index (χ0v) is 16.5. The van der Waals surface area contributed by atoms with E-state index in [0.29, 0.717) is 17.1 Å². The quantitative estimate of drug-likeness (QED) is 0.576. The number of hydrogen-bond acceptors (Lipinski definition) is 5. The minimum absolute atomic E-state index is 0.0415. The van der Waals surface area contributed by atoms with Gasteiger partial charge in [-0.25, -0.2) is 8.78 Å². The molecule has 0 N–H and O–H groups in total. The van der Waals surface area contributed by atoms with Gasteiger partial charge in [-0.05, 0) is 37.8 Å². The maximum absolute atomic E-state index is 13.9. The van der Waals surface area contributed by atoms with E-state index in [4.69, 9.17) is 4.74 Å². The number of ether oxygens (including phenoxy) is 1. The number of pyridine rings is 3. The van der Waals surface area contributed by atoms with Gasteiger partial charge in [0.25, 0.3) is 5.56 Å². The lowest BCUT2D eigenvalue weighted by Crippen LogP contribution is -2.22. The fourth-order valence-electron chi connectivity index (χ4n) is 3.47. The van der Waals surface area contributed by atoms with E-state index >= 15 is 0 Å². The molecule has 8 heteroatoms. The second-order valence-corrected chi connectivity index (χ2v) is 7.28. The van der Waals surface area contributed by atoms with Gasteiger partial charge in [0.2, 0.25) is 0 Å². The third-order valence-electron chi connectivity index (χ3n) is 5.06. The largest absolute Gasteiger partial charge is 0.487 e. The van der Waals surface area contributed by atoms with Gasteiger partial charge in [0, 0.05) is 36.5 Å². The van der Waals surface area contributed by atoms with Crippen molar-refractivity contribution in [2.75, 3.05) is 0 Å². The number of carbonyl (C=O) groups excluding carboxylic acids is 1. The Balaban J connectivity index is 1.74. The van der Waals surface area contributed by atoms with Crippen molar-refractivity contribution < 1.29 is 18.3 Å². The number of halogens is 2. The van der Waals surface area contributed by atoms with Crippen LogP contribution < -0.4 is 10.3 Å². The highest BCUT2D eigenvalue weighted by atomic mass is 19.1. The third kappa shape index (κ3) is 3.85. The minimum atomic E-state index is -0.804. The highest BCUT2D eigenvalue weighted by Crippen LogP contribution is 2.45. The monoisotopic (exact) mass is 411 g/mol. The van der Waals surface area contributed by atoms with Crippen LogP contribution in [-0.4, -0.2) is 20.3 Å². The lowest BCUT2D eigenvalue weighted by Gasteiger charge is -2.18. The van der Waals surface area contributed by atoms with Gasteiger partial charge in [0.15, 0.2) is 11.6 Å². The average Bonchev–Trinajstić information content (AvgIpc) is 3.52. The number of ketones is 1. The van der Waals surface area contributed by atoms with Gasteiger partial charge in [0.1, 0.15) is 29.6 Å². The van der Waals surface area contributed by atoms with Gasteiger partial charge in [-0.3, -0.25) is 24.1 Å². The number of aromatic nitrogens is 3. The summed E-state index contributed by atoms with van der Waals surface area (Å²) in [5.74, 6) is -1.18. The Labute approximate surface area is 171 Å². The van der Waals surface area contributed by atoms with E-state index in [1.165, 1.54) is 23.8 Å². The first-order chi connectivity index (χ1) is 14.3. The highest BCUT2D eigenvalue weighted by molar-refractivity contribution is 5.92. The molecule has 0 amide bonds. The van der Waals surface area contributed by atoms with Crippen LogP contribution in [0.1, 0.15) is 53.1 Å². The van der Waals surface area contributed by atoms with Crippen LogP contribution in [0.2, 0.25) is 0 Å². The van der Waals surface area contributed by atoms with E-state index in [9.17, 15) is 18.4 Å². The van der Waals surface area contributed by atoms with E-state index in [2.05, 4.69) is 9.97 Å². The van der Waals surface area contributed by atoms with E-state index in [0.717, 1.165) is 30.7 Å². The summed E-state index contributed by atoms with van der Waals surface area (Å²) in [6.45, 7) is 3.00. The molecule has 1 fully saturated rings. The summed E-state index contributed by atoms with van der Waals surface area (Å²) in [5, 5.41) is 0. The van der Waals surface area contributed by atoms with Gasteiger partial charge in [-0.2, -0.15) is 0 Å². The Morgan fingerprint density at radius 3 is 2.67 bits per heavy atom. The molecule has 4 rings (SSSR count). The second-order valence-electron chi connectivity index (χ2n) is 7.28. The van der Waals surface area contributed by atoms with Crippen LogP contribution in [0, 0.1) is 18.6 Å². The van der Waals surface area contributed by atoms with Gasteiger partial charge >= 0.3 is 0 Å². The van der Waals surface area contributed by atoms with E-state index < -0.39 is 11.6 Å². The van der Waals surface area contributed by atoms with Crippen molar-refractivity contribution in [1.82, 2.24) is 14.5 Å². The molecular formula is C22H19F2N3O3. The van der Waals surface area contributed by atoms with Crippen molar-refractivity contribution in [2.45, 2.75) is 39.2 Å². The molecule has 30 heavy (non-hydrogen) atoms. The Hall–Kier alpha value is -3.42. The molecule has 154 valence electrons. The molecule has 1 aliphatic rings. The molecule has 3 heterocycles. The van der Waals surface area contributed by atoms with Crippen molar-refractivity contribution in [1.29, 1.82) is 0 Å². The molecule has 0 radical (unpaired) electrons. The lowest BCUT2D eigenvalue weighted by molar-refractivity contribution is 0.101. The molecule has 6 nitrogen and oxygen atoms in total. The predicted octanol–water partition coefficient (Wildman–Crippen LogP) is 3.87. The van der Waals surface area contributed by atoms with Crippen molar-refractivity contribution in [3.63, 3.8) is 0 Å². The SMILES string of the molecule is CC(=O)c1cc(-n2c(C)c(C3CC3)c(OCc3ncc(F)cc3F)cc2=O)ccn1. The normalized spacial score (nSPS) is 13.3. The second kappa shape index (κ2) is 7.78. The van der Waals surface area contributed by atoms with E-state index in [-0.39, 0.29) is 35.3 Å².